The van der Waals surface area contributed by atoms with Crippen LogP contribution in [0.1, 0.15) is 25.7 Å². The van der Waals surface area contributed by atoms with E-state index in [2.05, 4.69) is 15.4 Å². The van der Waals surface area contributed by atoms with E-state index in [1.807, 2.05) is 0 Å². The number of benzene rings is 2. The minimum Gasteiger partial charge on any atom is -0.484 e. The van der Waals surface area contributed by atoms with Crippen LogP contribution in [0.2, 0.25) is 5.02 Å². The van der Waals surface area contributed by atoms with Crippen LogP contribution < -0.4 is 20.1 Å². The Labute approximate surface area is 202 Å². The summed E-state index contributed by atoms with van der Waals surface area (Å²) in [6.45, 7) is -0.220. The lowest BCUT2D eigenvalue weighted by molar-refractivity contribution is -0.274. The molecule has 3 aliphatic rings. The van der Waals surface area contributed by atoms with Crippen molar-refractivity contribution >= 4 is 29.1 Å². The van der Waals surface area contributed by atoms with E-state index < -0.39 is 40.9 Å². The summed E-state index contributed by atoms with van der Waals surface area (Å²) in [4.78, 5) is 25.3. The molecule has 0 atom stereocenters. The number of carbonyl (C=O) groups excluding carboxylic acids is 2. The van der Waals surface area contributed by atoms with Gasteiger partial charge in [0.2, 0.25) is 0 Å². The lowest BCUT2D eigenvalue weighted by Gasteiger charge is -2.52. The topological polar surface area (TPSA) is 85.9 Å². The number of carbonyl (C=O) groups is 2. The predicted molar refractivity (Wildman–Crippen MR) is 117 cm³/mol. The van der Waals surface area contributed by atoms with Crippen molar-refractivity contribution in [3.05, 3.63) is 53.3 Å². The van der Waals surface area contributed by atoms with Gasteiger partial charge in [0.15, 0.2) is 6.61 Å². The van der Waals surface area contributed by atoms with Crippen molar-refractivity contribution in [2.24, 2.45) is 0 Å². The second kappa shape index (κ2) is 9.54. The Kier molecular flexibility index (Phi) is 6.83. The molecule has 2 aromatic carbocycles. The van der Waals surface area contributed by atoms with Crippen molar-refractivity contribution in [1.29, 1.82) is 0 Å². The molecule has 188 valence electrons. The van der Waals surface area contributed by atoms with Crippen LogP contribution in [0.5, 0.6) is 11.5 Å². The average molecular weight is 517 g/mol. The van der Waals surface area contributed by atoms with Crippen LogP contribution in [0.25, 0.3) is 0 Å². The van der Waals surface area contributed by atoms with Gasteiger partial charge >= 0.3 is 6.36 Å². The van der Waals surface area contributed by atoms with Crippen LogP contribution in [0, 0.1) is 5.82 Å². The van der Waals surface area contributed by atoms with E-state index in [1.54, 1.807) is 0 Å². The summed E-state index contributed by atoms with van der Waals surface area (Å²) >= 11 is 5.63. The molecule has 5 rings (SSSR count). The zero-order valence-electron chi connectivity index (χ0n) is 18.2. The number of hydrogen-bond acceptors (Lipinski definition) is 5. The van der Waals surface area contributed by atoms with E-state index in [9.17, 15) is 27.2 Å². The van der Waals surface area contributed by atoms with Crippen LogP contribution in [0.4, 0.5) is 23.2 Å². The molecule has 0 radical (unpaired) electrons. The molecular weight excluding hydrogens is 496 g/mol. The molecule has 2 amide bonds. The normalized spacial score (nSPS) is 23.5. The maximum absolute atomic E-state index is 13.5. The third kappa shape index (κ3) is 5.96. The average Bonchev–Trinajstić information content (AvgIpc) is 2.81. The molecule has 2 N–H and O–H groups in total. The summed E-state index contributed by atoms with van der Waals surface area (Å²) in [5.74, 6) is -1.71. The van der Waals surface area contributed by atoms with Crippen LogP contribution in [-0.4, -0.2) is 42.5 Å². The van der Waals surface area contributed by atoms with Crippen LogP contribution in [0.3, 0.4) is 0 Å². The molecule has 3 fully saturated rings. The van der Waals surface area contributed by atoms with E-state index in [0.717, 1.165) is 18.2 Å². The van der Waals surface area contributed by atoms with Gasteiger partial charge in [-0.05, 0) is 62.1 Å². The highest BCUT2D eigenvalue weighted by Gasteiger charge is 2.54. The summed E-state index contributed by atoms with van der Waals surface area (Å²) in [5.41, 5.74) is -1.44. The summed E-state index contributed by atoms with van der Waals surface area (Å²) in [6, 6.07) is 8.67. The van der Waals surface area contributed by atoms with Crippen molar-refractivity contribution in [2.45, 2.75) is 43.2 Å². The van der Waals surface area contributed by atoms with E-state index in [-0.39, 0.29) is 24.0 Å². The second-order valence-electron chi connectivity index (χ2n) is 8.50. The Hall–Kier alpha value is -3.05. The molecule has 12 heteroatoms. The van der Waals surface area contributed by atoms with Gasteiger partial charge < -0.3 is 24.8 Å². The Morgan fingerprint density at radius 2 is 1.69 bits per heavy atom. The lowest BCUT2D eigenvalue weighted by atomic mass is 9.70. The minimum absolute atomic E-state index is 0.0535. The second-order valence-corrected chi connectivity index (χ2v) is 8.91. The number of hydrogen-bond donors (Lipinski definition) is 2. The molecule has 1 saturated carbocycles. The highest BCUT2D eigenvalue weighted by Crippen LogP contribution is 2.44. The molecule has 2 saturated heterocycles. The number of ether oxygens (including phenoxy) is 3. The molecule has 0 spiro atoms. The van der Waals surface area contributed by atoms with Gasteiger partial charge in [0.1, 0.15) is 22.9 Å². The molecule has 2 aromatic rings. The highest BCUT2D eigenvalue weighted by atomic mass is 35.5. The molecule has 2 aliphatic heterocycles. The monoisotopic (exact) mass is 516 g/mol. The predicted octanol–water partition coefficient (Wildman–Crippen LogP) is 4.59. The number of anilines is 1. The fourth-order valence-corrected chi connectivity index (χ4v) is 4.30. The molecule has 0 aromatic heterocycles. The first kappa shape index (κ1) is 25.1. The number of alkyl halides is 3. The zero-order chi connectivity index (χ0) is 25.3. The van der Waals surface area contributed by atoms with Crippen molar-refractivity contribution in [3.63, 3.8) is 0 Å². The number of nitrogens with one attached hydrogen (secondary N) is 2. The maximum Gasteiger partial charge on any atom is 0.573 e. The van der Waals surface area contributed by atoms with E-state index in [1.165, 1.54) is 24.3 Å². The standard InChI is InChI=1S/C23H21ClF4N2O5/c24-17-6-5-16(11-18(17)25)33-12-19(31)30-21-7-9-22(10-8-21,34-13-21)20(32)29-14-1-3-15(4-2-14)35-23(26,27)28/h1-6,11H,7-10,12-13H2,(H,29,32)(H,30,31). The Morgan fingerprint density at radius 1 is 1.03 bits per heavy atom. The SMILES string of the molecule is O=C(COc1ccc(Cl)c(F)c1)NC12CCC(C(=O)Nc3ccc(OC(F)(F)F)cc3)(CC1)OC2. The smallest absolute Gasteiger partial charge is 0.484 e. The first-order chi connectivity index (χ1) is 16.5. The summed E-state index contributed by atoms with van der Waals surface area (Å²) in [6.07, 6.45) is -3.14. The van der Waals surface area contributed by atoms with Gasteiger partial charge in [-0.25, -0.2) is 4.39 Å². The van der Waals surface area contributed by atoms with E-state index >= 15 is 0 Å². The van der Waals surface area contributed by atoms with Gasteiger partial charge in [0.05, 0.1) is 17.2 Å². The van der Waals surface area contributed by atoms with E-state index in [0.29, 0.717) is 31.4 Å². The molecule has 2 bridgehead atoms. The Morgan fingerprint density at radius 3 is 2.26 bits per heavy atom. The first-order valence-electron chi connectivity index (χ1n) is 10.7. The van der Waals surface area contributed by atoms with Crippen molar-refractivity contribution < 1.29 is 41.4 Å². The van der Waals surface area contributed by atoms with Crippen molar-refractivity contribution in [1.82, 2.24) is 5.32 Å². The van der Waals surface area contributed by atoms with Crippen LogP contribution in [0.15, 0.2) is 42.5 Å². The van der Waals surface area contributed by atoms with Gasteiger partial charge in [0, 0.05) is 11.8 Å². The summed E-state index contributed by atoms with van der Waals surface area (Å²) < 4.78 is 65.4. The van der Waals surface area contributed by atoms with Crippen LogP contribution in [-0.2, 0) is 14.3 Å². The third-order valence-electron chi connectivity index (χ3n) is 6.06. The third-order valence-corrected chi connectivity index (χ3v) is 6.37. The fourth-order valence-electron chi connectivity index (χ4n) is 4.18. The molecule has 2 heterocycles. The highest BCUT2D eigenvalue weighted by molar-refractivity contribution is 6.30. The van der Waals surface area contributed by atoms with Gasteiger partial charge in [-0.1, -0.05) is 11.6 Å². The molecular formula is C23H21ClF4N2O5. The quantitative estimate of drug-likeness (QED) is 0.526. The Balaban J connectivity index is 1.28. The number of rotatable bonds is 7. The zero-order valence-corrected chi connectivity index (χ0v) is 19.0. The molecule has 35 heavy (non-hydrogen) atoms. The fraction of sp³-hybridized carbons (Fsp3) is 0.391. The number of amides is 2. The first-order valence-corrected chi connectivity index (χ1v) is 11.1. The minimum atomic E-state index is -4.80. The van der Waals surface area contributed by atoms with E-state index in [4.69, 9.17) is 21.1 Å². The Bertz CT molecular complexity index is 1090. The summed E-state index contributed by atoms with van der Waals surface area (Å²) in [5, 5.41) is 5.52. The molecule has 0 unspecified atom stereocenters. The van der Waals surface area contributed by atoms with Crippen molar-refractivity contribution in [2.75, 3.05) is 18.5 Å². The largest absolute Gasteiger partial charge is 0.573 e. The van der Waals surface area contributed by atoms with Crippen molar-refractivity contribution in [3.8, 4) is 11.5 Å². The van der Waals surface area contributed by atoms with Gasteiger partial charge in [-0.2, -0.15) is 0 Å². The van der Waals surface area contributed by atoms with Gasteiger partial charge in [-0.15, -0.1) is 13.2 Å². The maximum atomic E-state index is 13.5. The lowest BCUT2D eigenvalue weighted by Crippen LogP contribution is -2.66. The van der Waals surface area contributed by atoms with Gasteiger partial charge in [-0.3, -0.25) is 9.59 Å². The number of fused-ring (bicyclic) bond motifs is 3. The summed E-state index contributed by atoms with van der Waals surface area (Å²) in [7, 11) is 0. The number of halogens is 5. The van der Waals surface area contributed by atoms with Crippen LogP contribution >= 0.6 is 11.6 Å². The molecule has 1 aliphatic carbocycles. The van der Waals surface area contributed by atoms with Gasteiger partial charge in [0.25, 0.3) is 11.8 Å². The molecule has 7 nitrogen and oxygen atoms in total.